The van der Waals surface area contributed by atoms with Crippen LogP contribution in [0, 0.1) is 5.92 Å². The maximum atomic E-state index is 14.2. The lowest BCUT2D eigenvalue weighted by molar-refractivity contribution is -0.122. The first kappa shape index (κ1) is 30.9. The zero-order chi connectivity index (χ0) is 31.8. The number of fused-ring (bicyclic) bond motifs is 2. The molecule has 1 fully saturated rings. The van der Waals surface area contributed by atoms with Gasteiger partial charge >= 0.3 is 4.87 Å². The summed E-state index contributed by atoms with van der Waals surface area (Å²) in [5.41, 5.74) is 2.88. The Hall–Kier alpha value is -4.06. The fourth-order valence-corrected chi connectivity index (χ4v) is 8.86. The van der Waals surface area contributed by atoms with Gasteiger partial charge in [-0.25, -0.2) is 4.90 Å². The predicted octanol–water partition coefficient (Wildman–Crippen LogP) is 5.85. The van der Waals surface area contributed by atoms with Crippen LogP contribution >= 0.6 is 34.7 Å². The molecule has 0 aliphatic carbocycles. The number of benzene rings is 3. The number of halogens is 1. The molecule has 1 aromatic heterocycles. The van der Waals surface area contributed by atoms with Crippen molar-refractivity contribution in [2.24, 2.45) is 5.92 Å². The van der Waals surface area contributed by atoms with Gasteiger partial charge in [0.25, 0.3) is 0 Å². The normalized spacial score (nSPS) is 18.8. The molecule has 6 rings (SSSR count). The molecule has 232 valence electrons. The molecule has 3 atom stereocenters. The molecule has 4 aromatic rings. The van der Waals surface area contributed by atoms with Crippen LogP contribution in [0.5, 0.6) is 5.75 Å². The lowest BCUT2D eigenvalue weighted by Crippen LogP contribution is -2.33. The number of nitrogens with one attached hydrogen (secondary N) is 1. The van der Waals surface area contributed by atoms with Crippen LogP contribution in [0.3, 0.4) is 0 Å². The van der Waals surface area contributed by atoms with E-state index in [-0.39, 0.29) is 23.2 Å². The fourth-order valence-electron chi connectivity index (χ4n) is 5.96. The van der Waals surface area contributed by atoms with E-state index < -0.39 is 23.0 Å². The van der Waals surface area contributed by atoms with Gasteiger partial charge in [0.05, 0.1) is 23.7 Å². The van der Waals surface area contributed by atoms with Gasteiger partial charge < -0.3 is 15.0 Å². The highest BCUT2D eigenvalue weighted by Gasteiger charge is 2.56. The molecule has 1 saturated heterocycles. The van der Waals surface area contributed by atoms with E-state index in [1.807, 2.05) is 24.3 Å². The summed E-state index contributed by atoms with van der Waals surface area (Å²) >= 11 is 8.19. The zero-order valence-corrected chi connectivity index (χ0v) is 27.2. The Morgan fingerprint density at radius 1 is 0.933 bits per heavy atom. The van der Waals surface area contributed by atoms with Crippen molar-refractivity contribution in [2.45, 2.75) is 36.6 Å². The molecule has 9 nitrogen and oxygen atoms in total. The van der Waals surface area contributed by atoms with Crippen LogP contribution in [0.15, 0.2) is 82.6 Å². The van der Waals surface area contributed by atoms with Crippen LogP contribution in [-0.4, -0.2) is 47.7 Å². The third kappa shape index (κ3) is 5.76. The van der Waals surface area contributed by atoms with E-state index in [4.69, 9.17) is 16.3 Å². The Bertz CT molecular complexity index is 1800. The number of aromatic nitrogens is 1. The zero-order valence-electron chi connectivity index (χ0n) is 24.9. The molecule has 3 aromatic carbocycles. The van der Waals surface area contributed by atoms with Crippen molar-refractivity contribution in [3.8, 4) is 5.75 Å². The van der Waals surface area contributed by atoms with Gasteiger partial charge in [0.15, 0.2) is 0 Å². The third-order valence-electron chi connectivity index (χ3n) is 8.19. The highest BCUT2D eigenvalue weighted by Crippen LogP contribution is 2.54. The Morgan fingerprint density at radius 2 is 1.60 bits per heavy atom. The van der Waals surface area contributed by atoms with Crippen LogP contribution in [0.25, 0.3) is 0 Å². The van der Waals surface area contributed by atoms with Gasteiger partial charge in [0.2, 0.25) is 17.7 Å². The molecule has 0 bridgehead atoms. The number of carbonyl (C=O) groups excluding carboxylic acids is 3. The summed E-state index contributed by atoms with van der Waals surface area (Å²) in [6.07, 6.45) is 0. The number of methoxy groups -OCH3 is 1. The van der Waals surface area contributed by atoms with Gasteiger partial charge in [-0.15, -0.1) is 0 Å². The number of rotatable bonds is 9. The van der Waals surface area contributed by atoms with Gasteiger partial charge in [-0.3, -0.25) is 23.7 Å². The van der Waals surface area contributed by atoms with Gasteiger partial charge in [0.1, 0.15) is 17.5 Å². The fraction of sp³-hybridized carbons (Fsp3) is 0.273. The molecule has 3 amide bonds. The molecule has 2 aliphatic heterocycles. The first-order valence-corrected chi connectivity index (χ1v) is 16.6. The Balaban J connectivity index is 1.40. The molecule has 3 heterocycles. The smallest absolute Gasteiger partial charge is 0.308 e. The second-order valence-electron chi connectivity index (χ2n) is 10.7. The van der Waals surface area contributed by atoms with Crippen molar-refractivity contribution in [3.05, 3.63) is 97.9 Å². The molecule has 45 heavy (non-hydrogen) atoms. The topological polar surface area (TPSA) is 101 Å². The summed E-state index contributed by atoms with van der Waals surface area (Å²) in [6.45, 7) is 5.63. The van der Waals surface area contributed by atoms with E-state index in [9.17, 15) is 19.2 Å². The summed E-state index contributed by atoms with van der Waals surface area (Å²) in [5, 5.41) is 3.10. The monoisotopic (exact) mass is 662 g/mol. The van der Waals surface area contributed by atoms with E-state index in [0.29, 0.717) is 32.1 Å². The maximum absolute atomic E-state index is 14.2. The number of hydrogen-bond acceptors (Lipinski definition) is 8. The van der Waals surface area contributed by atoms with E-state index in [1.165, 1.54) is 21.2 Å². The Labute approximate surface area is 273 Å². The quantitative estimate of drug-likeness (QED) is 0.224. The molecule has 0 radical (unpaired) electrons. The minimum absolute atomic E-state index is 0.240. The van der Waals surface area contributed by atoms with Gasteiger partial charge in [0, 0.05) is 40.3 Å². The Morgan fingerprint density at radius 3 is 2.22 bits per heavy atom. The van der Waals surface area contributed by atoms with Crippen LogP contribution in [0.1, 0.15) is 30.2 Å². The highest BCUT2D eigenvalue weighted by molar-refractivity contribution is 8.00. The second-order valence-corrected chi connectivity index (χ2v) is 13.3. The number of thioether (sulfide) groups is 1. The van der Waals surface area contributed by atoms with Crippen molar-refractivity contribution in [1.82, 2.24) is 4.57 Å². The lowest BCUT2D eigenvalue weighted by Gasteiger charge is -2.31. The number of nitrogens with zero attached hydrogens (tertiary/aromatic N) is 3. The summed E-state index contributed by atoms with van der Waals surface area (Å²) < 4.78 is 6.68. The number of carbonyl (C=O) groups is 3. The van der Waals surface area contributed by atoms with Crippen molar-refractivity contribution >= 4 is 69.5 Å². The van der Waals surface area contributed by atoms with Crippen LogP contribution < -0.4 is 24.7 Å². The largest absolute Gasteiger partial charge is 0.497 e. The summed E-state index contributed by atoms with van der Waals surface area (Å²) in [5.74, 6) is -1.73. The van der Waals surface area contributed by atoms with Crippen LogP contribution in [-0.2, 0) is 20.9 Å². The molecule has 2 aliphatic rings. The molecule has 1 N–H and O–H groups in total. The average molecular weight is 663 g/mol. The number of anilines is 3. The second kappa shape index (κ2) is 12.7. The van der Waals surface area contributed by atoms with Gasteiger partial charge in [-0.05, 0) is 80.1 Å². The van der Waals surface area contributed by atoms with E-state index in [1.54, 1.807) is 55.6 Å². The van der Waals surface area contributed by atoms with Crippen molar-refractivity contribution in [3.63, 3.8) is 0 Å². The maximum Gasteiger partial charge on any atom is 0.308 e. The van der Waals surface area contributed by atoms with E-state index in [0.717, 1.165) is 35.7 Å². The standard InChI is InChI=1S/C33H31ClN4O5S2/c1-4-36(5-2)22-12-6-19(7-13-22)26-27-28(31(41)38(30(27)40)23-14-16-24(43-3)17-15-23)44-32-29(26)45-33(42)37(32)18-25(39)35-21-10-8-20(34)9-11-21/h6-17,26-28H,4-5,18H2,1-3H3,(H,35,39)/t26-,27?,28?/m1/s1. The number of imide groups is 1. The van der Waals surface area contributed by atoms with Gasteiger partial charge in [-0.1, -0.05) is 46.8 Å². The Kier molecular flexibility index (Phi) is 8.76. The third-order valence-corrected chi connectivity index (χ3v) is 11.0. The van der Waals surface area contributed by atoms with Crippen LogP contribution in [0.4, 0.5) is 17.1 Å². The molecular formula is C33H31ClN4O5S2. The molecular weight excluding hydrogens is 632 g/mol. The van der Waals surface area contributed by atoms with Crippen LogP contribution in [0.2, 0.25) is 5.02 Å². The van der Waals surface area contributed by atoms with Crippen molar-refractivity contribution in [2.75, 3.05) is 35.3 Å². The molecule has 0 spiro atoms. The minimum atomic E-state index is -0.779. The SMILES string of the molecule is CCN(CC)c1ccc([C@H]2c3sc(=O)n(CC(=O)Nc4ccc(Cl)cc4)c3SC3C(=O)N(c4ccc(OC)cc4)C(=O)C32)cc1. The average Bonchev–Trinajstić information content (AvgIpc) is 3.49. The highest BCUT2D eigenvalue weighted by atomic mass is 35.5. The molecule has 0 saturated carbocycles. The van der Waals surface area contributed by atoms with Crippen molar-refractivity contribution < 1.29 is 19.1 Å². The number of ether oxygens (including phenoxy) is 1. The first-order valence-electron chi connectivity index (χ1n) is 14.6. The molecule has 12 heteroatoms. The van der Waals surface area contributed by atoms with Crippen molar-refractivity contribution in [1.29, 1.82) is 0 Å². The van der Waals surface area contributed by atoms with E-state index in [2.05, 4.69) is 24.1 Å². The van der Waals surface area contributed by atoms with Gasteiger partial charge in [-0.2, -0.15) is 0 Å². The summed E-state index contributed by atoms with van der Waals surface area (Å²) in [7, 11) is 1.55. The lowest BCUT2D eigenvalue weighted by atomic mass is 9.83. The predicted molar refractivity (Wildman–Crippen MR) is 179 cm³/mol. The minimum Gasteiger partial charge on any atom is -0.497 e. The summed E-state index contributed by atoms with van der Waals surface area (Å²) in [6, 6.07) is 21.5. The number of amides is 3. The number of hydrogen-bond donors (Lipinski definition) is 1. The number of thiazole rings is 1. The first-order chi connectivity index (χ1) is 21.7. The summed E-state index contributed by atoms with van der Waals surface area (Å²) in [4.78, 5) is 58.5. The van der Waals surface area contributed by atoms with E-state index >= 15 is 0 Å². The molecule has 2 unspecified atom stereocenters.